The summed E-state index contributed by atoms with van der Waals surface area (Å²) < 4.78 is 0. The van der Waals surface area contributed by atoms with E-state index >= 15 is 0 Å². The number of nitrogens with zero attached hydrogens (tertiary/aromatic N) is 1. The molecular weight excluding hydrogens is 364 g/mol. The van der Waals surface area contributed by atoms with E-state index in [9.17, 15) is 14.4 Å². The van der Waals surface area contributed by atoms with Crippen LogP contribution in [-0.4, -0.2) is 29.2 Å². The molecule has 5 nitrogen and oxygen atoms in total. The van der Waals surface area contributed by atoms with Crippen LogP contribution in [0.15, 0.2) is 54.6 Å². The minimum absolute atomic E-state index is 0.130. The van der Waals surface area contributed by atoms with Gasteiger partial charge in [-0.3, -0.25) is 19.3 Å². The first-order valence-corrected chi connectivity index (χ1v) is 9.70. The van der Waals surface area contributed by atoms with Crippen molar-refractivity contribution in [2.24, 2.45) is 0 Å². The summed E-state index contributed by atoms with van der Waals surface area (Å²) in [5.41, 5.74) is 4.00. The van der Waals surface area contributed by atoms with Gasteiger partial charge in [-0.1, -0.05) is 30.3 Å². The van der Waals surface area contributed by atoms with Crippen molar-refractivity contribution in [2.75, 3.05) is 11.9 Å². The fourth-order valence-corrected chi connectivity index (χ4v) is 3.95. The van der Waals surface area contributed by atoms with Crippen LogP contribution in [-0.2, 0) is 4.79 Å². The van der Waals surface area contributed by atoms with Crippen molar-refractivity contribution in [3.8, 4) is 0 Å². The van der Waals surface area contributed by atoms with Gasteiger partial charge in [0.25, 0.3) is 11.8 Å². The molecule has 0 radical (unpaired) electrons. The Morgan fingerprint density at radius 1 is 0.897 bits per heavy atom. The molecule has 3 aromatic carbocycles. The highest BCUT2D eigenvalue weighted by atomic mass is 16.2. The molecule has 0 aromatic heterocycles. The largest absolute Gasteiger partial charge is 0.326 e. The van der Waals surface area contributed by atoms with E-state index < -0.39 is 0 Å². The van der Waals surface area contributed by atoms with E-state index in [-0.39, 0.29) is 30.7 Å². The Bertz CT molecular complexity index is 1080. The third kappa shape index (κ3) is 3.63. The van der Waals surface area contributed by atoms with Crippen LogP contribution in [0.25, 0.3) is 10.8 Å². The standard InChI is InChI=1S/C24H22N2O3/c1-15-12-16(2)14-18(13-15)25-21(27)10-5-11-26-23(28)19-8-3-6-17-7-4-9-20(22(17)19)24(26)29/h3-4,6-9,12-14H,5,10-11H2,1-2H3,(H,25,27). The SMILES string of the molecule is Cc1cc(C)cc(NC(=O)CCCN2C(=O)c3cccc4cccc(c34)C2=O)c1. The molecule has 0 spiro atoms. The molecule has 5 heteroatoms. The molecule has 0 bridgehead atoms. The fourth-order valence-electron chi connectivity index (χ4n) is 3.95. The maximum absolute atomic E-state index is 12.9. The van der Waals surface area contributed by atoms with Crippen LogP contribution in [0, 0.1) is 13.8 Å². The zero-order valence-electron chi connectivity index (χ0n) is 16.5. The number of carbonyl (C=O) groups excluding carboxylic acids is 3. The lowest BCUT2D eigenvalue weighted by atomic mass is 9.94. The molecular formula is C24H22N2O3. The predicted molar refractivity (Wildman–Crippen MR) is 113 cm³/mol. The molecule has 0 saturated heterocycles. The first kappa shape index (κ1) is 18.9. The highest BCUT2D eigenvalue weighted by Gasteiger charge is 2.32. The molecule has 3 aromatic rings. The molecule has 1 aliphatic rings. The number of nitrogens with one attached hydrogen (secondary N) is 1. The zero-order chi connectivity index (χ0) is 20.5. The third-order valence-electron chi connectivity index (χ3n) is 5.15. The summed E-state index contributed by atoms with van der Waals surface area (Å²) in [6, 6.07) is 16.8. The highest BCUT2D eigenvalue weighted by molar-refractivity contribution is 6.25. The number of imide groups is 1. The van der Waals surface area contributed by atoms with Crippen LogP contribution in [0.1, 0.15) is 44.7 Å². The molecule has 29 heavy (non-hydrogen) atoms. The van der Waals surface area contributed by atoms with Gasteiger partial charge in [0, 0.05) is 35.2 Å². The van der Waals surface area contributed by atoms with Crippen molar-refractivity contribution < 1.29 is 14.4 Å². The number of rotatable bonds is 5. The average Bonchev–Trinajstić information content (AvgIpc) is 2.67. The number of hydrogen-bond acceptors (Lipinski definition) is 3. The van der Waals surface area contributed by atoms with Gasteiger partial charge in [0.2, 0.25) is 5.91 Å². The Balaban J connectivity index is 1.43. The van der Waals surface area contributed by atoms with Gasteiger partial charge in [-0.05, 0) is 61.0 Å². The van der Waals surface area contributed by atoms with Crippen LogP contribution in [0.2, 0.25) is 0 Å². The van der Waals surface area contributed by atoms with E-state index in [1.807, 2.05) is 56.3 Å². The Morgan fingerprint density at radius 2 is 1.48 bits per heavy atom. The monoisotopic (exact) mass is 386 g/mol. The van der Waals surface area contributed by atoms with Gasteiger partial charge < -0.3 is 5.32 Å². The van der Waals surface area contributed by atoms with Crippen LogP contribution < -0.4 is 5.32 Å². The molecule has 0 saturated carbocycles. The highest BCUT2D eigenvalue weighted by Crippen LogP contribution is 2.30. The Hall–Kier alpha value is -3.47. The van der Waals surface area contributed by atoms with E-state index in [0.29, 0.717) is 22.9 Å². The van der Waals surface area contributed by atoms with Gasteiger partial charge in [-0.2, -0.15) is 0 Å². The minimum Gasteiger partial charge on any atom is -0.326 e. The van der Waals surface area contributed by atoms with Crippen molar-refractivity contribution in [3.05, 3.63) is 76.9 Å². The Labute approximate surface area is 169 Å². The Kier molecular flexibility index (Phi) is 4.89. The van der Waals surface area contributed by atoms with Gasteiger partial charge in [0.1, 0.15) is 0 Å². The maximum atomic E-state index is 12.9. The lowest BCUT2D eigenvalue weighted by Crippen LogP contribution is -2.41. The molecule has 0 fully saturated rings. The van der Waals surface area contributed by atoms with Crippen molar-refractivity contribution in [1.82, 2.24) is 4.90 Å². The quantitative estimate of drug-likeness (QED) is 0.658. The topological polar surface area (TPSA) is 66.5 Å². The van der Waals surface area contributed by atoms with E-state index in [2.05, 4.69) is 5.32 Å². The number of anilines is 1. The van der Waals surface area contributed by atoms with E-state index in [0.717, 1.165) is 22.2 Å². The number of hydrogen-bond donors (Lipinski definition) is 1. The number of benzene rings is 3. The normalized spacial score (nSPS) is 13.1. The minimum atomic E-state index is -0.297. The molecule has 3 amide bonds. The first-order valence-electron chi connectivity index (χ1n) is 9.70. The molecule has 1 aliphatic heterocycles. The van der Waals surface area contributed by atoms with Gasteiger partial charge in [0.15, 0.2) is 0 Å². The third-order valence-corrected chi connectivity index (χ3v) is 5.15. The van der Waals surface area contributed by atoms with Crippen LogP contribution in [0.5, 0.6) is 0 Å². The van der Waals surface area contributed by atoms with E-state index in [4.69, 9.17) is 0 Å². The second-order valence-electron chi connectivity index (χ2n) is 7.50. The maximum Gasteiger partial charge on any atom is 0.261 e. The number of carbonyl (C=O) groups is 3. The lowest BCUT2D eigenvalue weighted by Gasteiger charge is -2.27. The summed E-state index contributed by atoms with van der Waals surface area (Å²) in [4.78, 5) is 39.3. The molecule has 0 aliphatic carbocycles. The fraction of sp³-hybridized carbons (Fsp3) is 0.208. The van der Waals surface area contributed by atoms with Crippen LogP contribution in [0.3, 0.4) is 0 Å². The van der Waals surface area contributed by atoms with Crippen molar-refractivity contribution in [1.29, 1.82) is 0 Å². The molecule has 4 rings (SSSR count). The summed E-state index contributed by atoms with van der Waals surface area (Å²) in [5.74, 6) is -0.725. The van der Waals surface area contributed by atoms with Crippen molar-refractivity contribution >= 4 is 34.2 Å². The summed E-state index contributed by atoms with van der Waals surface area (Å²) >= 11 is 0. The smallest absolute Gasteiger partial charge is 0.261 e. The second kappa shape index (κ2) is 7.51. The predicted octanol–water partition coefficient (Wildman–Crippen LogP) is 4.47. The molecule has 146 valence electrons. The van der Waals surface area contributed by atoms with E-state index in [1.165, 1.54) is 4.90 Å². The zero-order valence-corrected chi connectivity index (χ0v) is 16.5. The molecule has 1 N–H and O–H groups in total. The summed E-state index contributed by atoms with van der Waals surface area (Å²) in [7, 11) is 0. The lowest BCUT2D eigenvalue weighted by molar-refractivity contribution is -0.116. The summed E-state index contributed by atoms with van der Waals surface area (Å²) in [6.45, 7) is 4.17. The average molecular weight is 386 g/mol. The summed E-state index contributed by atoms with van der Waals surface area (Å²) in [6.07, 6.45) is 0.641. The van der Waals surface area contributed by atoms with Crippen LogP contribution in [0.4, 0.5) is 5.69 Å². The number of aryl methyl sites for hydroxylation is 2. The van der Waals surface area contributed by atoms with Gasteiger partial charge in [0.05, 0.1) is 0 Å². The second-order valence-corrected chi connectivity index (χ2v) is 7.50. The number of amides is 3. The van der Waals surface area contributed by atoms with Gasteiger partial charge in [-0.25, -0.2) is 0 Å². The van der Waals surface area contributed by atoms with Gasteiger partial charge >= 0.3 is 0 Å². The summed E-state index contributed by atoms with van der Waals surface area (Å²) in [5, 5.41) is 4.49. The molecule has 1 heterocycles. The van der Waals surface area contributed by atoms with Crippen molar-refractivity contribution in [3.63, 3.8) is 0 Å². The van der Waals surface area contributed by atoms with Crippen LogP contribution >= 0.6 is 0 Å². The molecule has 0 atom stereocenters. The first-order chi connectivity index (χ1) is 13.9. The van der Waals surface area contributed by atoms with E-state index in [1.54, 1.807) is 12.1 Å². The van der Waals surface area contributed by atoms with Gasteiger partial charge in [-0.15, -0.1) is 0 Å². The Morgan fingerprint density at radius 3 is 2.07 bits per heavy atom. The van der Waals surface area contributed by atoms with Crippen molar-refractivity contribution in [2.45, 2.75) is 26.7 Å². The molecule has 0 unspecified atom stereocenters.